The molecule has 0 aromatic carbocycles. The van der Waals surface area contributed by atoms with Crippen molar-refractivity contribution in [2.75, 3.05) is 19.6 Å². The molecular formula is C23H30FN5O3. The first kappa shape index (κ1) is 22.2. The number of aryl methyl sites for hydroxylation is 1. The highest BCUT2D eigenvalue weighted by Gasteiger charge is 2.32. The molecule has 2 aromatic heterocycles. The van der Waals surface area contributed by atoms with E-state index in [1.807, 2.05) is 30.4 Å². The van der Waals surface area contributed by atoms with Gasteiger partial charge in [0.1, 0.15) is 5.60 Å². The van der Waals surface area contributed by atoms with Crippen LogP contribution >= 0.6 is 0 Å². The second-order valence-corrected chi connectivity index (χ2v) is 9.62. The van der Waals surface area contributed by atoms with Crippen molar-refractivity contribution < 1.29 is 18.7 Å². The Labute approximate surface area is 187 Å². The van der Waals surface area contributed by atoms with Crippen LogP contribution in [-0.2, 0) is 17.7 Å². The molecule has 8 nitrogen and oxygen atoms in total. The fourth-order valence-corrected chi connectivity index (χ4v) is 4.41. The number of nitrogens with zero attached hydrogens (tertiary/aromatic N) is 4. The van der Waals surface area contributed by atoms with Crippen LogP contribution in [0, 0.1) is 11.9 Å². The molecule has 0 aliphatic carbocycles. The molecule has 2 aliphatic heterocycles. The molecule has 2 aromatic rings. The first-order chi connectivity index (χ1) is 15.2. The Morgan fingerprint density at radius 3 is 2.75 bits per heavy atom. The summed E-state index contributed by atoms with van der Waals surface area (Å²) in [5, 5.41) is 7.26. The molecule has 9 heteroatoms. The molecule has 1 saturated heterocycles. The minimum Gasteiger partial charge on any atom is -0.444 e. The van der Waals surface area contributed by atoms with E-state index in [9.17, 15) is 14.0 Å². The number of carbonyl (C=O) groups excluding carboxylic acids is 2. The third kappa shape index (κ3) is 5.08. The molecule has 0 radical (unpaired) electrons. The van der Waals surface area contributed by atoms with Gasteiger partial charge < -0.3 is 15.0 Å². The highest BCUT2D eigenvalue weighted by Crippen LogP contribution is 2.30. The van der Waals surface area contributed by atoms with Crippen molar-refractivity contribution in [2.24, 2.45) is 5.92 Å². The summed E-state index contributed by atoms with van der Waals surface area (Å²) >= 11 is 0. The zero-order valence-electron chi connectivity index (χ0n) is 18.8. The Bertz CT molecular complexity index is 983. The number of likely N-dealkylation sites (tertiary alicyclic amines) is 1. The SMILES string of the molecule is CC(C)(C)OC(=O)NCC1CCn2ncc(C(=O)N3CCC(c4ccc(F)nc4)C3)c2C1. The third-order valence-electron chi connectivity index (χ3n) is 6.04. The molecular weight excluding hydrogens is 413 g/mol. The average molecular weight is 444 g/mol. The van der Waals surface area contributed by atoms with Gasteiger partial charge in [0.2, 0.25) is 5.95 Å². The van der Waals surface area contributed by atoms with Crippen LogP contribution in [0.3, 0.4) is 0 Å². The molecule has 4 heterocycles. The van der Waals surface area contributed by atoms with Gasteiger partial charge in [-0.05, 0) is 57.6 Å². The summed E-state index contributed by atoms with van der Waals surface area (Å²) in [5.74, 6) is -0.148. The van der Waals surface area contributed by atoms with Gasteiger partial charge in [-0.15, -0.1) is 0 Å². The van der Waals surface area contributed by atoms with Crippen molar-refractivity contribution in [2.45, 2.75) is 58.1 Å². The number of aromatic nitrogens is 3. The number of carbonyl (C=O) groups is 2. The summed E-state index contributed by atoms with van der Waals surface area (Å²) in [6.07, 6.45) is 5.17. The molecule has 0 saturated carbocycles. The molecule has 2 amide bonds. The monoisotopic (exact) mass is 443 g/mol. The van der Waals surface area contributed by atoms with Crippen molar-refractivity contribution in [3.05, 3.63) is 47.3 Å². The van der Waals surface area contributed by atoms with Crippen molar-refractivity contribution in [3.8, 4) is 0 Å². The van der Waals surface area contributed by atoms with Crippen molar-refractivity contribution in [1.29, 1.82) is 0 Å². The maximum atomic E-state index is 13.2. The van der Waals surface area contributed by atoms with Gasteiger partial charge in [-0.2, -0.15) is 9.49 Å². The van der Waals surface area contributed by atoms with Crippen molar-refractivity contribution in [1.82, 2.24) is 25.0 Å². The van der Waals surface area contributed by atoms with Crippen molar-refractivity contribution in [3.63, 3.8) is 0 Å². The number of ether oxygens (including phenoxy) is 1. The number of halogens is 1. The highest BCUT2D eigenvalue weighted by atomic mass is 19.1. The topological polar surface area (TPSA) is 89.3 Å². The molecule has 2 atom stereocenters. The van der Waals surface area contributed by atoms with E-state index in [0.29, 0.717) is 38.2 Å². The number of hydrogen-bond acceptors (Lipinski definition) is 5. The third-order valence-corrected chi connectivity index (χ3v) is 6.04. The van der Waals surface area contributed by atoms with Crippen LogP contribution in [0.25, 0.3) is 0 Å². The lowest BCUT2D eigenvalue weighted by Gasteiger charge is -2.26. The van der Waals surface area contributed by atoms with Crippen LogP contribution in [0.1, 0.15) is 61.1 Å². The van der Waals surface area contributed by atoms with E-state index in [1.165, 1.54) is 6.07 Å². The fraction of sp³-hybridized carbons (Fsp3) is 0.565. The Morgan fingerprint density at radius 1 is 1.22 bits per heavy atom. The zero-order valence-corrected chi connectivity index (χ0v) is 18.8. The van der Waals surface area contributed by atoms with Crippen LogP contribution in [0.15, 0.2) is 24.5 Å². The lowest BCUT2D eigenvalue weighted by atomic mass is 9.94. The lowest BCUT2D eigenvalue weighted by Crippen LogP contribution is -2.37. The van der Waals surface area contributed by atoms with Crippen LogP contribution in [0.5, 0.6) is 0 Å². The Morgan fingerprint density at radius 2 is 2.03 bits per heavy atom. The number of nitrogens with one attached hydrogen (secondary N) is 1. The van der Waals surface area contributed by atoms with Gasteiger partial charge in [0, 0.05) is 38.3 Å². The van der Waals surface area contributed by atoms with Crippen LogP contribution < -0.4 is 5.32 Å². The first-order valence-electron chi connectivity index (χ1n) is 11.1. The summed E-state index contributed by atoms with van der Waals surface area (Å²) in [5.41, 5.74) is 1.97. The van der Waals surface area contributed by atoms with Gasteiger partial charge in [0.25, 0.3) is 5.91 Å². The molecule has 1 N–H and O–H groups in total. The van der Waals surface area contributed by atoms with Gasteiger partial charge in [-0.1, -0.05) is 6.07 Å². The number of fused-ring (bicyclic) bond motifs is 1. The van der Waals surface area contributed by atoms with Crippen LogP contribution in [0.4, 0.5) is 9.18 Å². The molecule has 2 unspecified atom stereocenters. The van der Waals surface area contributed by atoms with E-state index in [0.717, 1.165) is 24.1 Å². The molecule has 0 bridgehead atoms. The number of hydrogen-bond donors (Lipinski definition) is 1. The smallest absolute Gasteiger partial charge is 0.407 e. The average Bonchev–Trinajstić information content (AvgIpc) is 3.38. The lowest BCUT2D eigenvalue weighted by molar-refractivity contribution is 0.0515. The number of amides is 2. The predicted octanol–water partition coefficient (Wildman–Crippen LogP) is 3.13. The van der Waals surface area contributed by atoms with Gasteiger partial charge in [0.15, 0.2) is 0 Å². The van der Waals surface area contributed by atoms with E-state index in [4.69, 9.17) is 4.74 Å². The Hall–Kier alpha value is -2.97. The quantitative estimate of drug-likeness (QED) is 0.734. The van der Waals surface area contributed by atoms with Crippen LogP contribution in [-0.4, -0.2) is 56.9 Å². The summed E-state index contributed by atoms with van der Waals surface area (Å²) < 4.78 is 20.3. The second kappa shape index (κ2) is 8.88. The molecule has 2 aliphatic rings. The standard InChI is InChI=1S/C23H30FN5O3/c1-23(2,3)32-22(31)26-11-15-6-9-29-19(10-15)18(13-27-29)21(30)28-8-7-17(14-28)16-4-5-20(24)25-12-16/h4-5,12-13,15,17H,6-11,14H2,1-3H3,(H,26,31). The summed E-state index contributed by atoms with van der Waals surface area (Å²) in [4.78, 5) is 30.8. The predicted molar refractivity (Wildman–Crippen MR) is 116 cm³/mol. The normalized spacial score (nSPS) is 20.7. The van der Waals surface area contributed by atoms with E-state index in [-0.39, 0.29) is 17.7 Å². The summed E-state index contributed by atoms with van der Waals surface area (Å²) in [7, 11) is 0. The summed E-state index contributed by atoms with van der Waals surface area (Å²) in [6.45, 7) is 7.94. The van der Waals surface area contributed by atoms with Gasteiger partial charge >= 0.3 is 6.09 Å². The Balaban J connectivity index is 1.37. The van der Waals surface area contributed by atoms with Crippen molar-refractivity contribution >= 4 is 12.0 Å². The molecule has 4 rings (SSSR count). The fourth-order valence-electron chi connectivity index (χ4n) is 4.41. The first-order valence-corrected chi connectivity index (χ1v) is 11.1. The Kier molecular flexibility index (Phi) is 6.17. The second-order valence-electron chi connectivity index (χ2n) is 9.62. The van der Waals surface area contributed by atoms with E-state index in [1.54, 1.807) is 18.5 Å². The zero-order chi connectivity index (χ0) is 22.9. The van der Waals surface area contributed by atoms with Gasteiger partial charge in [-0.3, -0.25) is 9.48 Å². The van der Waals surface area contributed by atoms with E-state index in [2.05, 4.69) is 15.4 Å². The molecule has 32 heavy (non-hydrogen) atoms. The van der Waals surface area contributed by atoms with Crippen LogP contribution in [0.2, 0.25) is 0 Å². The molecule has 0 spiro atoms. The number of rotatable bonds is 4. The number of alkyl carbamates (subject to hydrolysis) is 1. The van der Waals surface area contributed by atoms with E-state index >= 15 is 0 Å². The highest BCUT2D eigenvalue weighted by molar-refractivity contribution is 5.95. The van der Waals surface area contributed by atoms with Gasteiger partial charge in [-0.25, -0.2) is 9.78 Å². The van der Waals surface area contributed by atoms with E-state index < -0.39 is 17.6 Å². The largest absolute Gasteiger partial charge is 0.444 e. The maximum absolute atomic E-state index is 13.2. The minimum atomic E-state index is -0.535. The molecule has 172 valence electrons. The minimum absolute atomic E-state index is 0.0235. The maximum Gasteiger partial charge on any atom is 0.407 e. The number of pyridine rings is 1. The molecule has 1 fully saturated rings. The van der Waals surface area contributed by atoms with Gasteiger partial charge in [0.05, 0.1) is 17.5 Å². The summed E-state index contributed by atoms with van der Waals surface area (Å²) in [6, 6.07) is 3.10.